The number of ether oxygens (including phenoxy) is 3. The maximum Gasteiger partial charge on any atom is 0.481 e. The lowest BCUT2D eigenvalue weighted by molar-refractivity contribution is -0.185. The Labute approximate surface area is 212 Å². The van der Waals surface area contributed by atoms with E-state index >= 15 is 0 Å². The summed E-state index contributed by atoms with van der Waals surface area (Å²) in [6.07, 6.45) is -3.11. The summed E-state index contributed by atoms with van der Waals surface area (Å²) in [5.74, 6) is 0.0948. The molecule has 16 nitrogen and oxygen atoms in total. The number of nitrogens with zero attached hydrogens (tertiary/aromatic N) is 3. The summed E-state index contributed by atoms with van der Waals surface area (Å²) in [6, 6.07) is 0. The highest BCUT2D eigenvalue weighted by atomic mass is 31.3. The number of aliphatic hydroxyl groups excluding tert-OH is 1. The third-order valence-corrected chi connectivity index (χ3v) is 7.48. The van der Waals surface area contributed by atoms with Crippen LogP contribution in [-0.2, 0) is 32.2 Å². The molecule has 210 valence electrons. The van der Waals surface area contributed by atoms with Gasteiger partial charge in [0.05, 0.1) is 24.2 Å². The highest BCUT2D eigenvalue weighted by Crippen LogP contribution is 2.58. The van der Waals surface area contributed by atoms with Gasteiger partial charge in [0.2, 0.25) is 0 Å². The zero-order valence-electron chi connectivity index (χ0n) is 20.7. The van der Waals surface area contributed by atoms with Gasteiger partial charge in [0, 0.05) is 11.8 Å². The van der Waals surface area contributed by atoms with Crippen LogP contribution in [0, 0.1) is 0 Å². The number of nitrogens with two attached hydrogens (primary N) is 1. The van der Waals surface area contributed by atoms with Crippen molar-refractivity contribution < 1.29 is 57.1 Å². The molecular formula is C19H32N4O12P2. The standard InChI is InChI=1S/C19H32N4O12P2/c1-9(2)32-17(33-10(3)4)11-6-23(16-13(11)15(20)21-8-22-16)18-19(5,25)14(24)12(34-18)7-31-37(29,30)35-36(26,27)28/h6,8-10,12,14,17-18,24-25H,7H2,1-5H3,(H,29,30)(H2,20,21,22)(H2,26,27,28)/t12-,14-,18-,19-/m1/s1. The van der Waals surface area contributed by atoms with Crippen LogP contribution < -0.4 is 5.73 Å². The van der Waals surface area contributed by atoms with Crippen LogP contribution in [0.2, 0.25) is 0 Å². The van der Waals surface area contributed by atoms with Crippen LogP contribution in [0.15, 0.2) is 12.5 Å². The Morgan fingerprint density at radius 2 is 1.76 bits per heavy atom. The topological polar surface area (TPSA) is 238 Å². The first-order valence-corrected chi connectivity index (χ1v) is 14.2. The van der Waals surface area contributed by atoms with Crippen molar-refractivity contribution in [3.8, 4) is 0 Å². The molecule has 1 aliphatic heterocycles. The van der Waals surface area contributed by atoms with Gasteiger partial charge in [0.15, 0.2) is 12.5 Å². The van der Waals surface area contributed by atoms with Gasteiger partial charge < -0.3 is 49.4 Å². The molecule has 1 aliphatic rings. The molecule has 3 rings (SSSR count). The van der Waals surface area contributed by atoms with E-state index < -0.39 is 52.6 Å². The van der Waals surface area contributed by atoms with E-state index in [1.54, 1.807) is 0 Å². The lowest BCUT2D eigenvalue weighted by atomic mass is 9.96. The minimum atomic E-state index is -5.35. The zero-order chi connectivity index (χ0) is 27.9. The van der Waals surface area contributed by atoms with Crippen molar-refractivity contribution in [2.75, 3.05) is 12.3 Å². The lowest BCUT2D eigenvalue weighted by Crippen LogP contribution is -2.44. The molecule has 2 aromatic rings. The molecule has 0 amide bonds. The molecule has 2 aromatic heterocycles. The summed E-state index contributed by atoms with van der Waals surface area (Å²) < 4.78 is 50.1. The van der Waals surface area contributed by atoms with E-state index in [0.29, 0.717) is 10.9 Å². The van der Waals surface area contributed by atoms with Gasteiger partial charge in [0.1, 0.15) is 35.6 Å². The summed E-state index contributed by atoms with van der Waals surface area (Å²) in [7, 11) is -10.6. The van der Waals surface area contributed by atoms with Gasteiger partial charge in [0.25, 0.3) is 0 Å². The highest BCUT2D eigenvalue weighted by molar-refractivity contribution is 7.60. The van der Waals surface area contributed by atoms with Gasteiger partial charge in [-0.2, -0.15) is 4.31 Å². The maximum atomic E-state index is 11.8. The summed E-state index contributed by atoms with van der Waals surface area (Å²) in [4.78, 5) is 35.4. The Kier molecular flexibility index (Phi) is 8.87. The molecule has 37 heavy (non-hydrogen) atoms. The van der Waals surface area contributed by atoms with Crippen LogP contribution in [0.4, 0.5) is 5.82 Å². The molecule has 1 fully saturated rings. The minimum absolute atomic E-state index is 0.0948. The van der Waals surface area contributed by atoms with Crippen LogP contribution in [0.3, 0.4) is 0 Å². The van der Waals surface area contributed by atoms with Gasteiger partial charge in [-0.25, -0.2) is 19.1 Å². The molecule has 0 saturated carbocycles. The van der Waals surface area contributed by atoms with Gasteiger partial charge >= 0.3 is 15.6 Å². The second-order valence-corrected chi connectivity index (χ2v) is 12.0. The first-order chi connectivity index (χ1) is 16.9. The molecule has 7 N–H and O–H groups in total. The monoisotopic (exact) mass is 570 g/mol. The number of fused-ring (bicyclic) bond motifs is 1. The second kappa shape index (κ2) is 10.9. The van der Waals surface area contributed by atoms with Crippen LogP contribution in [-0.4, -0.2) is 76.1 Å². The largest absolute Gasteiger partial charge is 0.481 e. The number of anilines is 1. The molecule has 0 aliphatic carbocycles. The first kappa shape index (κ1) is 30.0. The van der Waals surface area contributed by atoms with Crippen molar-refractivity contribution in [1.82, 2.24) is 14.5 Å². The third kappa shape index (κ3) is 6.92. The van der Waals surface area contributed by atoms with Crippen LogP contribution >= 0.6 is 15.6 Å². The van der Waals surface area contributed by atoms with Gasteiger partial charge in [-0.05, 0) is 34.6 Å². The number of nitrogen functional groups attached to an aromatic ring is 1. The number of hydrogen-bond donors (Lipinski definition) is 6. The molecule has 1 unspecified atom stereocenters. The van der Waals surface area contributed by atoms with Crippen molar-refractivity contribution in [2.24, 2.45) is 0 Å². The number of aliphatic hydroxyl groups is 2. The Balaban J connectivity index is 1.99. The molecule has 18 heteroatoms. The van der Waals surface area contributed by atoms with Gasteiger partial charge in [-0.15, -0.1) is 0 Å². The second-order valence-electron chi connectivity index (χ2n) is 9.18. The fourth-order valence-electron chi connectivity index (χ4n) is 3.87. The van der Waals surface area contributed by atoms with E-state index in [-0.39, 0.29) is 23.7 Å². The number of hydrogen-bond acceptors (Lipinski definition) is 12. The van der Waals surface area contributed by atoms with E-state index in [1.165, 1.54) is 24.0 Å². The van der Waals surface area contributed by atoms with Crippen LogP contribution in [0.25, 0.3) is 11.0 Å². The average molecular weight is 570 g/mol. The van der Waals surface area contributed by atoms with E-state index in [2.05, 4.69) is 18.8 Å². The predicted molar refractivity (Wildman–Crippen MR) is 127 cm³/mol. The number of aromatic nitrogens is 3. The predicted octanol–water partition coefficient (Wildman–Crippen LogP) is 1.10. The van der Waals surface area contributed by atoms with Crippen molar-refractivity contribution >= 4 is 32.5 Å². The van der Waals surface area contributed by atoms with Crippen molar-refractivity contribution in [3.63, 3.8) is 0 Å². The molecule has 0 radical (unpaired) electrons. The van der Waals surface area contributed by atoms with Gasteiger partial charge in [-0.1, -0.05) is 0 Å². The first-order valence-electron chi connectivity index (χ1n) is 11.1. The SMILES string of the molecule is CC(C)OC(OC(C)C)c1cn([C@@H]2O[C@H](COP(=O)(O)OP(=O)(O)O)[C@@H](O)[C@@]2(C)O)c2ncnc(N)c12. The van der Waals surface area contributed by atoms with Gasteiger partial charge in [-0.3, -0.25) is 4.52 Å². The molecule has 3 heterocycles. The fourth-order valence-corrected chi connectivity index (χ4v) is 5.47. The summed E-state index contributed by atoms with van der Waals surface area (Å²) in [5, 5.41) is 22.2. The minimum Gasteiger partial charge on any atom is -0.387 e. The molecule has 5 atom stereocenters. The Morgan fingerprint density at radius 1 is 1.16 bits per heavy atom. The van der Waals surface area contributed by atoms with Crippen molar-refractivity contribution in [2.45, 2.75) is 77.2 Å². The summed E-state index contributed by atoms with van der Waals surface area (Å²) >= 11 is 0. The average Bonchev–Trinajstić information content (AvgIpc) is 3.20. The quantitative estimate of drug-likeness (QED) is 0.164. The van der Waals surface area contributed by atoms with Crippen molar-refractivity contribution in [3.05, 3.63) is 18.1 Å². The summed E-state index contributed by atoms with van der Waals surface area (Å²) in [6.45, 7) is 7.67. The van der Waals surface area contributed by atoms with Crippen LogP contribution in [0.5, 0.6) is 0 Å². The zero-order valence-corrected chi connectivity index (χ0v) is 22.5. The number of phosphoric acid groups is 2. The summed E-state index contributed by atoms with van der Waals surface area (Å²) in [5.41, 5.74) is 4.79. The number of phosphoric ester groups is 1. The fraction of sp³-hybridized carbons (Fsp3) is 0.684. The normalized spacial score (nSPS) is 26.6. The molecule has 1 saturated heterocycles. The Bertz CT molecular complexity index is 1190. The van der Waals surface area contributed by atoms with E-state index in [9.17, 15) is 24.2 Å². The Hall–Kier alpha value is -1.52. The van der Waals surface area contributed by atoms with E-state index in [4.69, 9.17) is 29.7 Å². The van der Waals surface area contributed by atoms with E-state index in [0.717, 1.165) is 0 Å². The maximum absolute atomic E-state index is 11.8. The molecule has 0 aromatic carbocycles. The van der Waals surface area contributed by atoms with E-state index in [1.807, 2.05) is 27.7 Å². The van der Waals surface area contributed by atoms with Crippen LogP contribution in [0.1, 0.15) is 52.7 Å². The molecule has 0 bridgehead atoms. The highest BCUT2D eigenvalue weighted by Gasteiger charge is 2.54. The lowest BCUT2D eigenvalue weighted by Gasteiger charge is -2.28. The third-order valence-electron chi connectivity index (χ3n) is 5.33. The van der Waals surface area contributed by atoms with Crippen molar-refractivity contribution in [1.29, 1.82) is 0 Å². The smallest absolute Gasteiger partial charge is 0.387 e. The molecule has 0 spiro atoms. The molecular weight excluding hydrogens is 538 g/mol. The number of rotatable bonds is 11. The Morgan fingerprint density at radius 3 is 2.30 bits per heavy atom.